The molecule has 164 valence electrons. The van der Waals surface area contributed by atoms with Gasteiger partial charge in [0.05, 0.1) is 11.4 Å². The summed E-state index contributed by atoms with van der Waals surface area (Å²) < 4.78 is 40.4. The lowest BCUT2D eigenvalue weighted by Crippen LogP contribution is -2.42. The van der Waals surface area contributed by atoms with E-state index in [0.29, 0.717) is 19.0 Å². The van der Waals surface area contributed by atoms with Crippen molar-refractivity contribution in [2.75, 3.05) is 36.7 Å². The molecule has 9 heteroatoms. The van der Waals surface area contributed by atoms with Gasteiger partial charge in [0, 0.05) is 43.8 Å². The number of anilines is 1. The van der Waals surface area contributed by atoms with E-state index in [1.165, 1.54) is 16.4 Å². The molecule has 0 saturated carbocycles. The van der Waals surface area contributed by atoms with Gasteiger partial charge in [0.2, 0.25) is 10.0 Å². The zero-order valence-electron chi connectivity index (χ0n) is 17.4. The number of halogens is 1. The van der Waals surface area contributed by atoms with Crippen LogP contribution in [0.1, 0.15) is 11.1 Å². The summed E-state index contributed by atoms with van der Waals surface area (Å²) in [5, 5.41) is 7.26. The molecule has 2 aromatic carbocycles. The molecule has 0 spiro atoms. The van der Waals surface area contributed by atoms with Crippen molar-refractivity contribution in [1.82, 2.24) is 15.6 Å². The molecular formula is C22H26FN5O2S. The minimum absolute atomic E-state index is 0.0178. The van der Waals surface area contributed by atoms with E-state index in [1.807, 2.05) is 30.5 Å². The fourth-order valence-corrected chi connectivity index (χ4v) is 5.33. The maximum absolute atomic E-state index is 13.3. The quantitative estimate of drug-likeness (QED) is 0.386. The van der Waals surface area contributed by atoms with E-state index in [1.54, 1.807) is 13.1 Å². The van der Waals surface area contributed by atoms with E-state index in [-0.39, 0.29) is 18.1 Å². The minimum Gasteiger partial charge on any atom is -0.361 e. The third-order valence-corrected chi connectivity index (χ3v) is 7.24. The molecule has 0 radical (unpaired) electrons. The Bertz CT molecular complexity index is 1210. The van der Waals surface area contributed by atoms with Crippen LogP contribution in [-0.4, -0.2) is 51.8 Å². The van der Waals surface area contributed by atoms with Crippen molar-refractivity contribution in [2.24, 2.45) is 4.99 Å². The van der Waals surface area contributed by atoms with Crippen LogP contribution in [0.4, 0.5) is 10.1 Å². The highest BCUT2D eigenvalue weighted by molar-refractivity contribution is 7.92. The first kappa shape index (κ1) is 21.2. The smallest absolute Gasteiger partial charge is 0.236 e. The number of sulfonamides is 1. The summed E-state index contributed by atoms with van der Waals surface area (Å²) in [7, 11) is -1.76. The Balaban J connectivity index is 1.27. The van der Waals surface area contributed by atoms with Gasteiger partial charge in [-0.1, -0.05) is 18.2 Å². The Kier molecular flexibility index (Phi) is 6.13. The van der Waals surface area contributed by atoms with Crippen molar-refractivity contribution in [1.29, 1.82) is 0 Å². The summed E-state index contributed by atoms with van der Waals surface area (Å²) >= 11 is 0. The number of para-hydroxylation sites is 1. The van der Waals surface area contributed by atoms with E-state index >= 15 is 0 Å². The van der Waals surface area contributed by atoms with Gasteiger partial charge in [0.15, 0.2) is 5.96 Å². The second-order valence-electron chi connectivity index (χ2n) is 7.45. The highest BCUT2D eigenvalue weighted by Crippen LogP contribution is 2.29. The fourth-order valence-electron chi connectivity index (χ4n) is 3.91. The SMILES string of the molecule is CN=C(NCCc1c[nH]c2cc(F)ccc12)NCCS(=O)(=O)N1CCc2ccccc21. The number of H-pyrrole nitrogens is 1. The number of nitrogens with one attached hydrogen (secondary N) is 3. The molecule has 4 rings (SSSR count). The van der Waals surface area contributed by atoms with Gasteiger partial charge in [-0.25, -0.2) is 12.8 Å². The molecule has 3 aromatic rings. The topological polar surface area (TPSA) is 89.6 Å². The fraction of sp³-hybridized carbons (Fsp3) is 0.318. The zero-order valence-corrected chi connectivity index (χ0v) is 18.2. The van der Waals surface area contributed by atoms with Crippen LogP contribution < -0.4 is 14.9 Å². The molecular weight excluding hydrogens is 417 g/mol. The maximum Gasteiger partial charge on any atom is 0.236 e. The van der Waals surface area contributed by atoms with Gasteiger partial charge in [-0.05, 0) is 48.2 Å². The van der Waals surface area contributed by atoms with Crippen LogP contribution in [0, 0.1) is 5.82 Å². The van der Waals surface area contributed by atoms with Crippen molar-refractivity contribution < 1.29 is 12.8 Å². The summed E-state index contributed by atoms with van der Waals surface area (Å²) in [6.07, 6.45) is 3.34. The zero-order chi connectivity index (χ0) is 21.8. The van der Waals surface area contributed by atoms with E-state index in [4.69, 9.17) is 0 Å². The van der Waals surface area contributed by atoms with Gasteiger partial charge in [-0.3, -0.25) is 9.30 Å². The first-order chi connectivity index (χ1) is 15.0. The molecule has 0 aliphatic carbocycles. The number of hydrogen-bond acceptors (Lipinski definition) is 3. The molecule has 1 aliphatic rings. The largest absolute Gasteiger partial charge is 0.361 e. The van der Waals surface area contributed by atoms with E-state index in [9.17, 15) is 12.8 Å². The first-order valence-electron chi connectivity index (χ1n) is 10.3. The number of rotatable bonds is 7. The second kappa shape index (κ2) is 8.97. The molecule has 1 aromatic heterocycles. The lowest BCUT2D eigenvalue weighted by Gasteiger charge is -2.20. The number of aliphatic imine (C=N–C) groups is 1. The Morgan fingerprint density at radius 1 is 1.19 bits per heavy atom. The van der Waals surface area contributed by atoms with Gasteiger partial charge in [-0.15, -0.1) is 0 Å². The number of aromatic nitrogens is 1. The molecule has 0 bridgehead atoms. The highest BCUT2D eigenvalue weighted by atomic mass is 32.2. The van der Waals surface area contributed by atoms with Gasteiger partial charge in [-0.2, -0.15) is 0 Å². The van der Waals surface area contributed by atoms with Crippen LogP contribution in [0.2, 0.25) is 0 Å². The normalized spacial score (nSPS) is 14.1. The third-order valence-electron chi connectivity index (χ3n) is 5.47. The van der Waals surface area contributed by atoms with E-state index < -0.39 is 10.0 Å². The first-order valence-corrected chi connectivity index (χ1v) is 11.9. The van der Waals surface area contributed by atoms with Crippen LogP contribution in [0.3, 0.4) is 0 Å². The van der Waals surface area contributed by atoms with Crippen molar-refractivity contribution in [3.05, 3.63) is 65.6 Å². The maximum atomic E-state index is 13.3. The number of nitrogens with zero attached hydrogens (tertiary/aromatic N) is 2. The number of fused-ring (bicyclic) bond motifs is 2. The summed E-state index contributed by atoms with van der Waals surface area (Å²) in [5.74, 6) is 0.259. The third kappa shape index (κ3) is 4.66. The molecule has 2 heterocycles. The Hall–Kier alpha value is -3.07. The lowest BCUT2D eigenvalue weighted by molar-refractivity contribution is 0.591. The van der Waals surface area contributed by atoms with Gasteiger partial charge in [0.25, 0.3) is 0 Å². The van der Waals surface area contributed by atoms with E-state index in [2.05, 4.69) is 20.6 Å². The number of benzene rings is 2. The molecule has 1 aliphatic heterocycles. The van der Waals surface area contributed by atoms with Crippen molar-refractivity contribution in [2.45, 2.75) is 12.8 Å². The van der Waals surface area contributed by atoms with Gasteiger partial charge < -0.3 is 15.6 Å². The molecule has 0 unspecified atom stereocenters. The van der Waals surface area contributed by atoms with Gasteiger partial charge in [0.1, 0.15) is 5.82 Å². The Morgan fingerprint density at radius 2 is 2.00 bits per heavy atom. The summed E-state index contributed by atoms with van der Waals surface area (Å²) in [6, 6.07) is 12.3. The van der Waals surface area contributed by atoms with Crippen LogP contribution in [0.15, 0.2) is 53.7 Å². The number of aromatic amines is 1. The van der Waals surface area contributed by atoms with Crippen LogP contribution in [-0.2, 0) is 22.9 Å². The number of hydrogen-bond donors (Lipinski definition) is 3. The average molecular weight is 444 g/mol. The minimum atomic E-state index is -3.41. The molecule has 31 heavy (non-hydrogen) atoms. The molecule has 0 fully saturated rings. The van der Waals surface area contributed by atoms with Crippen molar-refractivity contribution in [3.8, 4) is 0 Å². The highest BCUT2D eigenvalue weighted by Gasteiger charge is 2.28. The van der Waals surface area contributed by atoms with Crippen LogP contribution in [0.5, 0.6) is 0 Å². The van der Waals surface area contributed by atoms with Crippen LogP contribution >= 0.6 is 0 Å². The second-order valence-corrected chi connectivity index (χ2v) is 9.46. The standard InChI is InChI=1S/C22H26FN5O2S/c1-24-22(25-10-8-17-15-27-20-14-18(23)6-7-19(17)20)26-11-13-31(29,30)28-12-9-16-4-2-3-5-21(16)28/h2-7,14-15,27H,8-13H2,1H3,(H2,24,25,26). The molecule has 3 N–H and O–H groups in total. The number of guanidine groups is 1. The predicted molar refractivity (Wildman–Crippen MR) is 123 cm³/mol. The average Bonchev–Trinajstić information content (AvgIpc) is 3.37. The summed E-state index contributed by atoms with van der Waals surface area (Å²) in [5.41, 5.74) is 3.69. The lowest BCUT2D eigenvalue weighted by atomic mass is 10.1. The Labute approximate surface area is 181 Å². The van der Waals surface area contributed by atoms with Crippen molar-refractivity contribution in [3.63, 3.8) is 0 Å². The van der Waals surface area contributed by atoms with Gasteiger partial charge >= 0.3 is 0 Å². The summed E-state index contributed by atoms with van der Waals surface area (Å²) in [6.45, 7) is 1.35. The molecule has 7 nitrogen and oxygen atoms in total. The monoisotopic (exact) mass is 443 g/mol. The van der Waals surface area contributed by atoms with E-state index in [0.717, 1.165) is 40.6 Å². The molecule has 0 atom stereocenters. The summed E-state index contributed by atoms with van der Waals surface area (Å²) in [4.78, 5) is 7.24. The predicted octanol–water partition coefficient (Wildman–Crippen LogP) is 2.41. The Morgan fingerprint density at radius 3 is 2.84 bits per heavy atom. The van der Waals surface area contributed by atoms with Crippen molar-refractivity contribution >= 4 is 32.6 Å². The molecule has 0 saturated heterocycles. The van der Waals surface area contributed by atoms with Crippen LogP contribution in [0.25, 0.3) is 10.9 Å². The molecule has 0 amide bonds.